The zero-order valence-corrected chi connectivity index (χ0v) is 18.6. The highest BCUT2D eigenvalue weighted by molar-refractivity contribution is 7.89. The number of amides is 1. The van der Waals surface area contributed by atoms with E-state index in [-0.39, 0.29) is 17.2 Å². The molecule has 1 heterocycles. The number of carbonyl (C=O) groups is 1. The normalized spacial score (nSPS) is 11.6. The van der Waals surface area contributed by atoms with Crippen LogP contribution in [-0.4, -0.2) is 42.3 Å². The molecule has 0 fully saturated rings. The average molecular weight is 440 g/mol. The molecule has 0 atom stereocenters. The van der Waals surface area contributed by atoms with Gasteiger partial charge in [0.25, 0.3) is 0 Å². The zero-order chi connectivity index (χ0) is 22.6. The summed E-state index contributed by atoms with van der Waals surface area (Å²) in [5, 5.41) is 11.6. The van der Waals surface area contributed by atoms with Crippen molar-refractivity contribution < 1.29 is 13.2 Å². The minimum absolute atomic E-state index is 0.140. The van der Waals surface area contributed by atoms with Crippen molar-refractivity contribution in [3.8, 4) is 6.07 Å². The monoisotopic (exact) mass is 439 g/mol. The Balaban J connectivity index is 1.75. The first kappa shape index (κ1) is 22.5. The first-order valence-electron chi connectivity index (χ1n) is 9.93. The van der Waals surface area contributed by atoms with Gasteiger partial charge in [-0.25, -0.2) is 17.7 Å². The van der Waals surface area contributed by atoms with Crippen LogP contribution in [0.3, 0.4) is 0 Å². The predicted octanol–water partition coefficient (Wildman–Crippen LogP) is 2.94. The summed E-state index contributed by atoms with van der Waals surface area (Å²) in [6.45, 7) is 2.64. The van der Waals surface area contributed by atoms with Crippen molar-refractivity contribution in [1.29, 1.82) is 5.26 Å². The van der Waals surface area contributed by atoms with Gasteiger partial charge in [0.15, 0.2) is 0 Å². The predicted molar refractivity (Wildman–Crippen MR) is 119 cm³/mol. The van der Waals surface area contributed by atoms with Gasteiger partial charge in [-0.05, 0) is 42.8 Å². The molecule has 0 aliphatic rings. The summed E-state index contributed by atoms with van der Waals surface area (Å²) in [4.78, 5) is 17.2. The van der Waals surface area contributed by atoms with Crippen molar-refractivity contribution >= 4 is 32.7 Å². The van der Waals surface area contributed by atoms with Crippen molar-refractivity contribution in [3.63, 3.8) is 0 Å². The first-order valence-corrected chi connectivity index (χ1v) is 11.4. The van der Waals surface area contributed by atoms with Crippen LogP contribution in [0.15, 0.2) is 47.4 Å². The number of benzene rings is 2. The Morgan fingerprint density at radius 2 is 1.90 bits per heavy atom. The molecule has 2 aromatic carbocycles. The summed E-state index contributed by atoms with van der Waals surface area (Å²) in [5.41, 5.74) is 3.00. The highest BCUT2D eigenvalue weighted by Crippen LogP contribution is 2.23. The highest BCUT2D eigenvalue weighted by atomic mass is 32.2. The number of rotatable bonds is 8. The van der Waals surface area contributed by atoms with Gasteiger partial charge < -0.3 is 9.88 Å². The van der Waals surface area contributed by atoms with Crippen LogP contribution in [0.2, 0.25) is 0 Å². The van der Waals surface area contributed by atoms with E-state index in [1.807, 2.05) is 23.6 Å². The quantitative estimate of drug-likeness (QED) is 0.581. The van der Waals surface area contributed by atoms with E-state index in [0.29, 0.717) is 30.6 Å². The third kappa shape index (κ3) is 4.93. The van der Waals surface area contributed by atoms with Crippen LogP contribution in [0.4, 0.5) is 5.69 Å². The van der Waals surface area contributed by atoms with Crippen molar-refractivity contribution in [2.45, 2.75) is 37.6 Å². The van der Waals surface area contributed by atoms with Gasteiger partial charge in [-0.3, -0.25) is 4.79 Å². The Kier molecular flexibility index (Phi) is 6.73. The van der Waals surface area contributed by atoms with Gasteiger partial charge in [-0.1, -0.05) is 12.1 Å². The molecule has 1 amide bonds. The van der Waals surface area contributed by atoms with Gasteiger partial charge in [0.2, 0.25) is 15.9 Å². The summed E-state index contributed by atoms with van der Waals surface area (Å²) in [6, 6.07) is 14.2. The topological polar surface area (TPSA) is 108 Å². The van der Waals surface area contributed by atoms with E-state index >= 15 is 0 Å². The standard InChI is InChI=1S/C22H25N5O3S/c1-4-27-20-10-9-18(31(29,30)26(2)3)15-19(20)25-21(27)11-12-22(28)24-17-7-5-16(6-8-17)13-14-23/h5-10,15H,4,11-13H2,1-3H3,(H,24,28). The number of nitriles is 1. The third-order valence-electron chi connectivity index (χ3n) is 4.99. The number of sulfonamides is 1. The maximum atomic E-state index is 12.4. The molecule has 8 nitrogen and oxygen atoms in total. The lowest BCUT2D eigenvalue weighted by Crippen LogP contribution is -2.22. The smallest absolute Gasteiger partial charge is 0.242 e. The summed E-state index contributed by atoms with van der Waals surface area (Å²) < 4.78 is 28.0. The molecule has 0 saturated carbocycles. The van der Waals surface area contributed by atoms with E-state index in [2.05, 4.69) is 16.4 Å². The van der Waals surface area contributed by atoms with Gasteiger partial charge in [0.05, 0.1) is 28.4 Å². The number of hydrogen-bond acceptors (Lipinski definition) is 5. The first-order chi connectivity index (χ1) is 14.8. The Morgan fingerprint density at radius 1 is 1.19 bits per heavy atom. The summed E-state index contributed by atoms with van der Waals surface area (Å²) in [5.74, 6) is 0.593. The minimum atomic E-state index is -3.54. The SMILES string of the molecule is CCn1c(CCC(=O)Nc2ccc(CC#N)cc2)nc2cc(S(=O)(=O)N(C)C)ccc21. The van der Waals surface area contributed by atoms with Crippen LogP contribution in [-0.2, 0) is 34.2 Å². The van der Waals surface area contributed by atoms with Crippen LogP contribution in [0, 0.1) is 11.3 Å². The van der Waals surface area contributed by atoms with E-state index in [0.717, 1.165) is 16.9 Å². The molecule has 0 bridgehead atoms. The lowest BCUT2D eigenvalue weighted by atomic mass is 10.1. The van der Waals surface area contributed by atoms with E-state index in [1.165, 1.54) is 18.4 Å². The number of nitrogens with one attached hydrogen (secondary N) is 1. The largest absolute Gasteiger partial charge is 0.328 e. The van der Waals surface area contributed by atoms with Crippen LogP contribution >= 0.6 is 0 Å². The molecule has 3 rings (SSSR count). The number of nitrogens with zero attached hydrogens (tertiary/aromatic N) is 4. The fourth-order valence-electron chi connectivity index (χ4n) is 3.32. The molecule has 1 N–H and O–H groups in total. The minimum Gasteiger partial charge on any atom is -0.328 e. The Labute approximate surface area is 182 Å². The molecule has 31 heavy (non-hydrogen) atoms. The van der Waals surface area contributed by atoms with Crippen molar-refractivity contribution in [1.82, 2.24) is 13.9 Å². The van der Waals surface area contributed by atoms with Crippen molar-refractivity contribution in [2.24, 2.45) is 0 Å². The van der Waals surface area contributed by atoms with Gasteiger partial charge in [-0.2, -0.15) is 5.26 Å². The van der Waals surface area contributed by atoms with E-state index in [9.17, 15) is 13.2 Å². The summed E-state index contributed by atoms with van der Waals surface area (Å²) >= 11 is 0. The number of fused-ring (bicyclic) bond motifs is 1. The zero-order valence-electron chi connectivity index (χ0n) is 17.8. The number of aromatic nitrogens is 2. The third-order valence-corrected chi connectivity index (χ3v) is 6.80. The molecule has 3 aromatic rings. The number of anilines is 1. The highest BCUT2D eigenvalue weighted by Gasteiger charge is 2.19. The van der Waals surface area contributed by atoms with Crippen LogP contribution < -0.4 is 5.32 Å². The number of imidazole rings is 1. The summed E-state index contributed by atoms with van der Waals surface area (Å²) in [7, 11) is -0.561. The Morgan fingerprint density at radius 3 is 2.52 bits per heavy atom. The maximum Gasteiger partial charge on any atom is 0.242 e. The number of carbonyl (C=O) groups excluding carboxylic acids is 1. The van der Waals surface area contributed by atoms with Crippen LogP contribution in [0.5, 0.6) is 0 Å². The average Bonchev–Trinajstić information content (AvgIpc) is 3.10. The van der Waals surface area contributed by atoms with Crippen LogP contribution in [0.1, 0.15) is 24.7 Å². The van der Waals surface area contributed by atoms with Gasteiger partial charge in [-0.15, -0.1) is 0 Å². The Bertz CT molecular complexity index is 1240. The fourth-order valence-corrected chi connectivity index (χ4v) is 4.24. The fraction of sp³-hybridized carbons (Fsp3) is 0.318. The second-order valence-electron chi connectivity index (χ2n) is 7.29. The van der Waals surface area contributed by atoms with Gasteiger partial charge in [0, 0.05) is 39.2 Å². The molecule has 0 spiro atoms. The molecule has 0 aliphatic carbocycles. The van der Waals surface area contributed by atoms with Crippen LogP contribution in [0.25, 0.3) is 11.0 Å². The Hall–Kier alpha value is -3.22. The molecular formula is C22H25N5O3S. The summed E-state index contributed by atoms with van der Waals surface area (Å²) in [6.07, 6.45) is 1.00. The second kappa shape index (κ2) is 9.29. The van der Waals surface area contributed by atoms with Gasteiger partial charge in [0.1, 0.15) is 5.82 Å². The molecule has 0 radical (unpaired) electrons. The second-order valence-corrected chi connectivity index (χ2v) is 9.44. The van der Waals surface area contributed by atoms with E-state index in [1.54, 1.807) is 30.3 Å². The molecule has 9 heteroatoms. The molecule has 0 aliphatic heterocycles. The van der Waals surface area contributed by atoms with Crippen molar-refractivity contribution in [3.05, 3.63) is 53.9 Å². The van der Waals surface area contributed by atoms with Crippen molar-refractivity contribution in [2.75, 3.05) is 19.4 Å². The molecule has 0 unspecified atom stereocenters. The van der Waals surface area contributed by atoms with Gasteiger partial charge >= 0.3 is 0 Å². The lowest BCUT2D eigenvalue weighted by molar-refractivity contribution is -0.116. The molecule has 0 saturated heterocycles. The molecule has 162 valence electrons. The number of aryl methyl sites for hydroxylation is 2. The van der Waals surface area contributed by atoms with E-state index < -0.39 is 10.0 Å². The number of hydrogen-bond donors (Lipinski definition) is 1. The van der Waals surface area contributed by atoms with E-state index in [4.69, 9.17) is 5.26 Å². The molecular weight excluding hydrogens is 414 g/mol. The maximum absolute atomic E-state index is 12.4. The lowest BCUT2D eigenvalue weighted by Gasteiger charge is -2.11. The molecule has 1 aromatic heterocycles.